The monoisotopic (exact) mass is 312 g/mol. The first-order chi connectivity index (χ1) is 11.0. The molecular formula is C18H20N2O3. The van der Waals surface area contributed by atoms with E-state index in [1.54, 1.807) is 31.4 Å². The molecule has 0 heterocycles. The highest BCUT2D eigenvalue weighted by Crippen LogP contribution is 2.18. The van der Waals surface area contributed by atoms with E-state index < -0.39 is 0 Å². The Morgan fingerprint density at radius 1 is 1.00 bits per heavy atom. The molecule has 0 aliphatic rings. The zero-order chi connectivity index (χ0) is 16.8. The number of methoxy groups -OCH3 is 1. The lowest BCUT2D eigenvalue weighted by molar-refractivity contribution is -0.123. The molecule has 120 valence electrons. The summed E-state index contributed by atoms with van der Waals surface area (Å²) < 4.78 is 5.09. The van der Waals surface area contributed by atoms with Crippen LogP contribution in [0.2, 0.25) is 0 Å². The smallest absolute Gasteiger partial charge is 0.233 e. The predicted molar refractivity (Wildman–Crippen MR) is 90.8 cm³/mol. The minimum atomic E-state index is -0.375. The average Bonchev–Trinajstić information content (AvgIpc) is 2.50. The van der Waals surface area contributed by atoms with Gasteiger partial charge in [0.05, 0.1) is 7.11 Å². The number of anilines is 2. The molecule has 2 amide bonds. The van der Waals surface area contributed by atoms with Gasteiger partial charge in [-0.3, -0.25) is 9.59 Å². The summed E-state index contributed by atoms with van der Waals surface area (Å²) in [5.41, 5.74) is 3.39. The summed E-state index contributed by atoms with van der Waals surface area (Å²) in [4.78, 5) is 23.9. The molecule has 0 saturated carbocycles. The maximum absolute atomic E-state index is 12.0. The Balaban J connectivity index is 1.93. The van der Waals surface area contributed by atoms with Gasteiger partial charge < -0.3 is 15.4 Å². The number of amides is 2. The molecule has 2 aromatic rings. The molecule has 0 aliphatic carbocycles. The molecule has 23 heavy (non-hydrogen) atoms. The van der Waals surface area contributed by atoms with Crippen molar-refractivity contribution in [1.29, 1.82) is 0 Å². The largest absolute Gasteiger partial charge is 0.497 e. The van der Waals surface area contributed by atoms with Gasteiger partial charge in [-0.15, -0.1) is 0 Å². The Bertz CT molecular complexity index is 726. The highest BCUT2D eigenvalue weighted by molar-refractivity contribution is 6.08. The number of carbonyl (C=O) groups is 2. The SMILES string of the molecule is COc1cccc(NC(=O)CC(=O)Nc2ccc(C)cc2C)c1. The summed E-state index contributed by atoms with van der Waals surface area (Å²) in [6.07, 6.45) is -0.246. The Kier molecular flexibility index (Phi) is 5.36. The van der Waals surface area contributed by atoms with Crippen LogP contribution in [0, 0.1) is 13.8 Å². The van der Waals surface area contributed by atoms with Crippen LogP contribution in [0.4, 0.5) is 11.4 Å². The summed E-state index contributed by atoms with van der Waals surface area (Å²) in [7, 11) is 1.55. The number of benzene rings is 2. The summed E-state index contributed by atoms with van der Waals surface area (Å²) in [6.45, 7) is 3.90. The third-order valence-electron chi connectivity index (χ3n) is 3.33. The summed E-state index contributed by atoms with van der Waals surface area (Å²) in [5, 5.41) is 5.43. The fourth-order valence-corrected chi connectivity index (χ4v) is 2.20. The molecule has 0 aliphatic heterocycles. The molecule has 0 aromatic heterocycles. The van der Waals surface area contributed by atoms with Crippen molar-refractivity contribution in [2.75, 3.05) is 17.7 Å². The van der Waals surface area contributed by atoms with Crippen molar-refractivity contribution in [3.8, 4) is 5.75 Å². The Morgan fingerprint density at radius 2 is 1.74 bits per heavy atom. The fraction of sp³-hybridized carbons (Fsp3) is 0.222. The van der Waals surface area contributed by atoms with Crippen LogP contribution in [0.3, 0.4) is 0 Å². The van der Waals surface area contributed by atoms with Gasteiger partial charge in [-0.2, -0.15) is 0 Å². The van der Waals surface area contributed by atoms with Crippen molar-refractivity contribution in [2.24, 2.45) is 0 Å². The second-order valence-corrected chi connectivity index (χ2v) is 5.32. The van der Waals surface area contributed by atoms with Crippen LogP contribution in [-0.4, -0.2) is 18.9 Å². The normalized spacial score (nSPS) is 10.0. The molecule has 0 fully saturated rings. The van der Waals surface area contributed by atoms with Gasteiger partial charge in [0.25, 0.3) is 0 Å². The molecule has 5 nitrogen and oxygen atoms in total. The van der Waals surface area contributed by atoms with Gasteiger partial charge in [0.2, 0.25) is 11.8 Å². The number of hydrogen-bond donors (Lipinski definition) is 2. The number of hydrogen-bond acceptors (Lipinski definition) is 3. The molecule has 5 heteroatoms. The van der Waals surface area contributed by atoms with Crippen LogP contribution in [0.5, 0.6) is 5.75 Å². The lowest BCUT2D eigenvalue weighted by Crippen LogP contribution is -2.21. The second kappa shape index (κ2) is 7.45. The summed E-state index contributed by atoms with van der Waals surface area (Å²) in [6, 6.07) is 12.7. The van der Waals surface area contributed by atoms with Crippen molar-refractivity contribution in [3.63, 3.8) is 0 Å². The van der Waals surface area contributed by atoms with E-state index in [0.717, 1.165) is 16.8 Å². The second-order valence-electron chi connectivity index (χ2n) is 5.32. The zero-order valence-corrected chi connectivity index (χ0v) is 13.5. The van der Waals surface area contributed by atoms with Crippen molar-refractivity contribution < 1.29 is 14.3 Å². The van der Waals surface area contributed by atoms with E-state index in [1.807, 2.05) is 32.0 Å². The number of carbonyl (C=O) groups excluding carboxylic acids is 2. The molecule has 0 radical (unpaired) electrons. The first-order valence-corrected chi connectivity index (χ1v) is 7.29. The van der Waals surface area contributed by atoms with E-state index >= 15 is 0 Å². The summed E-state index contributed by atoms with van der Waals surface area (Å²) >= 11 is 0. The Morgan fingerprint density at radius 3 is 2.43 bits per heavy atom. The Labute approximate surface area is 135 Å². The molecular weight excluding hydrogens is 292 g/mol. The Hall–Kier alpha value is -2.82. The number of nitrogens with one attached hydrogen (secondary N) is 2. The van der Waals surface area contributed by atoms with Crippen LogP contribution in [0.1, 0.15) is 17.5 Å². The predicted octanol–water partition coefficient (Wildman–Crippen LogP) is 3.28. The third kappa shape index (κ3) is 4.85. The van der Waals surface area contributed by atoms with Crippen LogP contribution in [0.15, 0.2) is 42.5 Å². The average molecular weight is 312 g/mol. The van der Waals surface area contributed by atoms with Gasteiger partial charge in [-0.25, -0.2) is 0 Å². The van der Waals surface area contributed by atoms with Crippen LogP contribution < -0.4 is 15.4 Å². The minimum Gasteiger partial charge on any atom is -0.497 e. The lowest BCUT2D eigenvalue weighted by Gasteiger charge is -2.10. The van der Waals surface area contributed by atoms with Crippen LogP contribution >= 0.6 is 0 Å². The van der Waals surface area contributed by atoms with Crippen molar-refractivity contribution >= 4 is 23.2 Å². The number of rotatable bonds is 5. The van der Waals surface area contributed by atoms with Crippen molar-refractivity contribution in [1.82, 2.24) is 0 Å². The van der Waals surface area contributed by atoms with Gasteiger partial charge in [0, 0.05) is 17.4 Å². The topological polar surface area (TPSA) is 67.4 Å². The summed E-state index contributed by atoms with van der Waals surface area (Å²) in [5.74, 6) is -0.0830. The molecule has 0 atom stereocenters. The van der Waals surface area contributed by atoms with Crippen molar-refractivity contribution in [2.45, 2.75) is 20.3 Å². The first-order valence-electron chi connectivity index (χ1n) is 7.29. The van der Waals surface area contributed by atoms with E-state index in [1.165, 1.54) is 0 Å². The molecule has 2 aromatic carbocycles. The van der Waals surface area contributed by atoms with E-state index in [-0.39, 0.29) is 18.2 Å². The van der Waals surface area contributed by atoms with Crippen molar-refractivity contribution in [3.05, 3.63) is 53.6 Å². The fourth-order valence-electron chi connectivity index (χ4n) is 2.20. The third-order valence-corrected chi connectivity index (χ3v) is 3.33. The van der Waals surface area contributed by atoms with Gasteiger partial charge >= 0.3 is 0 Å². The molecule has 2 N–H and O–H groups in total. The highest BCUT2D eigenvalue weighted by atomic mass is 16.5. The van der Waals surface area contributed by atoms with E-state index in [4.69, 9.17) is 4.74 Å². The minimum absolute atomic E-state index is 0.246. The molecule has 0 spiro atoms. The van der Waals surface area contributed by atoms with Crippen LogP contribution in [0.25, 0.3) is 0 Å². The number of ether oxygens (including phenoxy) is 1. The molecule has 0 saturated heterocycles. The molecule has 0 bridgehead atoms. The standard InChI is InChI=1S/C18H20N2O3/c1-12-7-8-16(13(2)9-12)20-18(22)11-17(21)19-14-5-4-6-15(10-14)23-3/h4-10H,11H2,1-3H3,(H,19,21)(H,20,22). The quantitative estimate of drug-likeness (QED) is 0.833. The maximum atomic E-state index is 12.0. The van der Waals surface area contributed by atoms with E-state index in [2.05, 4.69) is 10.6 Å². The van der Waals surface area contributed by atoms with Gasteiger partial charge in [-0.05, 0) is 37.6 Å². The molecule has 2 rings (SSSR count). The van der Waals surface area contributed by atoms with Gasteiger partial charge in [0.15, 0.2) is 0 Å². The first kappa shape index (κ1) is 16.5. The van der Waals surface area contributed by atoms with E-state index in [9.17, 15) is 9.59 Å². The highest BCUT2D eigenvalue weighted by Gasteiger charge is 2.11. The van der Waals surface area contributed by atoms with E-state index in [0.29, 0.717) is 11.4 Å². The number of aryl methyl sites for hydroxylation is 2. The van der Waals surface area contributed by atoms with Crippen LogP contribution in [-0.2, 0) is 9.59 Å². The van der Waals surface area contributed by atoms with Gasteiger partial charge in [-0.1, -0.05) is 23.8 Å². The van der Waals surface area contributed by atoms with Gasteiger partial charge in [0.1, 0.15) is 12.2 Å². The lowest BCUT2D eigenvalue weighted by atomic mass is 10.1. The molecule has 0 unspecified atom stereocenters. The maximum Gasteiger partial charge on any atom is 0.233 e. The zero-order valence-electron chi connectivity index (χ0n) is 13.5.